The van der Waals surface area contributed by atoms with Crippen LogP contribution in [-0.2, 0) is 0 Å². The molecule has 0 unspecified atom stereocenters. The van der Waals surface area contributed by atoms with Crippen molar-refractivity contribution < 1.29 is 10.2 Å². The highest BCUT2D eigenvalue weighted by molar-refractivity contribution is 5.67. The van der Waals surface area contributed by atoms with Gasteiger partial charge in [0.25, 0.3) is 5.56 Å². The van der Waals surface area contributed by atoms with Crippen molar-refractivity contribution in [1.82, 2.24) is 9.97 Å². The van der Waals surface area contributed by atoms with E-state index in [9.17, 15) is 15.0 Å². The maximum Gasteiger partial charge on any atom is 0.277 e. The molecule has 1 aromatic heterocycles. The molecule has 8 heteroatoms. The summed E-state index contributed by atoms with van der Waals surface area (Å²) in [7, 11) is 1.65. The largest absolute Gasteiger partial charge is 0.391 e. The molecule has 134 valence electrons. The molecule has 0 fully saturated rings. The summed E-state index contributed by atoms with van der Waals surface area (Å²) in [5.41, 5.74) is -0.0655. The molecule has 0 bridgehead atoms. The molecule has 0 amide bonds. The fourth-order valence-corrected chi connectivity index (χ4v) is 1.84. The summed E-state index contributed by atoms with van der Waals surface area (Å²) in [6.07, 6.45) is -0.594. The number of rotatable bonds is 3. The molecule has 6 N–H and O–H groups in total. The number of nitrogens with one attached hydrogen (secondary N) is 4. The number of aliphatic hydroxyl groups is 2. The molecule has 23 heavy (non-hydrogen) atoms. The van der Waals surface area contributed by atoms with Crippen LogP contribution in [0.2, 0.25) is 0 Å². The maximum atomic E-state index is 11.8. The lowest BCUT2D eigenvalue weighted by atomic mass is 10.0. The second-order valence-electron chi connectivity index (χ2n) is 4.96. The van der Waals surface area contributed by atoms with Crippen molar-refractivity contribution in [1.29, 1.82) is 0 Å². The number of hydrogen-bond acceptors (Lipinski definition) is 7. The van der Waals surface area contributed by atoms with E-state index in [0.717, 1.165) is 0 Å². The first-order valence-electron chi connectivity index (χ1n) is 8.13. The van der Waals surface area contributed by atoms with E-state index in [0.29, 0.717) is 18.3 Å². The van der Waals surface area contributed by atoms with Gasteiger partial charge in [0.15, 0.2) is 5.82 Å². The molecule has 0 aromatic carbocycles. The fourth-order valence-electron chi connectivity index (χ4n) is 1.84. The Kier molecular flexibility index (Phi) is 10.00. The molecule has 0 saturated heterocycles. The molecule has 0 radical (unpaired) electrons. The fraction of sp³-hybridized carbons (Fsp3) is 0.733. The first-order valence-corrected chi connectivity index (χ1v) is 8.13. The van der Waals surface area contributed by atoms with Crippen LogP contribution in [0, 0.1) is 0 Å². The molecule has 2 rings (SSSR count). The number of fused-ring (bicyclic) bond motifs is 1. The number of aliphatic hydroxyl groups excluding tert-OH is 2. The lowest BCUT2D eigenvalue weighted by molar-refractivity contribution is 0.0214. The Morgan fingerprint density at radius 1 is 1.35 bits per heavy atom. The molecule has 1 aromatic rings. The van der Waals surface area contributed by atoms with Crippen LogP contribution in [-0.4, -0.2) is 52.0 Å². The number of H-pyrrole nitrogens is 1. The minimum absolute atomic E-state index is 0.268. The third-order valence-corrected chi connectivity index (χ3v) is 2.88. The zero-order chi connectivity index (χ0) is 18.0. The van der Waals surface area contributed by atoms with E-state index in [1.807, 2.05) is 13.8 Å². The van der Waals surface area contributed by atoms with E-state index in [-0.39, 0.29) is 11.2 Å². The predicted octanol–water partition coefficient (Wildman–Crippen LogP) is 1.20. The Morgan fingerprint density at radius 2 is 1.91 bits per heavy atom. The Bertz CT molecular complexity index is 504. The topological polar surface area (TPSA) is 122 Å². The van der Waals surface area contributed by atoms with E-state index in [4.69, 9.17) is 0 Å². The third-order valence-electron chi connectivity index (χ3n) is 2.88. The van der Waals surface area contributed by atoms with Crippen LogP contribution in [0.25, 0.3) is 0 Å². The Labute approximate surface area is 137 Å². The smallest absolute Gasteiger partial charge is 0.277 e. The van der Waals surface area contributed by atoms with Crippen molar-refractivity contribution in [2.45, 2.75) is 59.3 Å². The van der Waals surface area contributed by atoms with Gasteiger partial charge in [0.1, 0.15) is 11.8 Å². The van der Waals surface area contributed by atoms with Gasteiger partial charge in [-0.2, -0.15) is 4.98 Å². The van der Waals surface area contributed by atoms with Crippen molar-refractivity contribution in [3.63, 3.8) is 0 Å². The molecule has 0 aliphatic carbocycles. The van der Waals surface area contributed by atoms with Crippen molar-refractivity contribution in [2.75, 3.05) is 29.5 Å². The second-order valence-corrected chi connectivity index (χ2v) is 4.96. The van der Waals surface area contributed by atoms with Gasteiger partial charge in [-0.25, -0.2) is 0 Å². The van der Waals surface area contributed by atoms with E-state index >= 15 is 0 Å². The van der Waals surface area contributed by atoms with Gasteiger partial charge in [-0.05, 0) is 6.92 Å². The zero-order valence-corrected chi connectivity index (χ0v) is 14.9. The van der Waals surface area contributed by atoms with Crippen LogP contribution in [0.15, 0.2) is 4.79 Å². The van der Waals surface area contributed by atoms with Gasteiger partial charge in [-0.1, -0.05) is 34.1 Å². The molecule has 0 saturated carbocycles. The Balaban J connectivity index is 0.000000868. The number of aromatic nitrogens is 2. The standard InChI is InChI=1S/C10H17N5O3.C3H8.C2H6/c1-4(16)7(17)5-3-12-8-6(13-5)9(18)15-10(11-2)14-8;1-3-2;1-2/h4-5,7,13,16-17H,3H2,1-2H3,(H3,11,12,14,15,18);3H2,1-2H3;1-2H3/t4-,5+,7-;;/m0../s1. The number of anilines is 3. The van der Waals surface area contributed by atoms with Crippen LogP contribution < -0.4 is 21.5 Å². The number of aromatic amines is 1. The van der Waals surface area contributed by atoms with Crippen LogP contribution in [0.4, 0.5) is 17.5 Å². The van der Waals surface area contributed by atoms with E-state index < -0.39 is 18.2 Å². The first-order chi connectivity index (χ1) is 10.9. The summed E-state index contributed by atoms with van der Waals surface area (Å²) in [5.74, 6) is 0.791. The Morgan fingerprint density at radius 3 is 2.39 bits per heavy atom. The van der Waals surface area contributed by atoms with Gasteiger partial charge in [-0.15, -0.1) is 0 Å². The molecular formula is C15H31N5O3. The summed E-state index contributed by atoms with van der Waals surface area (Å²) in [6, 6.07) is -0.444. The van der Waals surface area contributed by atoms with Gasteiger partial charge in [0.2, 0.25) is 5.95 Å². The molecule has 2 heterocycles. The predicted molar refractivity (Wildman–Crippen MR) is 95.3 cm³/mol. The van der Waals surface area contributed by atoms with Crippen molar-refractivity contribution in [3.8, 4) is 0 Å². The SMILES string of the molecule is CC.CCC.CNc1nc2c(c(=O)[nH]1)N[C@@H]([C@@H](O)[C@H](C)O)CN2. The monoisotopic (exact) mass is 329 g/mol. The number of hydrogen-bond donors (Lipinski definition) is 6. The molecule has 1 aliphatic rings. The van der Waals surface area contributed by atoms with Crippen molar-refractivity contribution in [2.24, 2.45) is 0 Å². The summed E-state index contributed by atoms with van der Waals surface area (Å²) in [5, 5.41) is 27.7. The van der Waals surface area contributed by atoms with Crippen molar-refractivity contribution in [3.05, 3.63) is 10.4 Å². The van der Waals surface area contributed by atoms with E-state index in [2.05, 4.69) is 39.8 Å². The zero-order valence-electron chi connectivity index (χ0n) is 14.9. The molecule has 3 atom stereocenters. The highest BCUT2D eigenvalue weighted by Gasteiger charge is 2.29. The maximum absolute atomic E-state index is 11.8. The van der Waals surface area contributed by atoms with Crippen LogP contribution in [0.5, 0.6) is 0 Å². The van der Waals surface area contributed by atoms with Gasteiger partial charge in [0, 0.05) is 13.6 Å². The normalized spacial score (nSPS) is 17.7. The van der Waals surface area contributed by atoms with E-state index in [1.54, 1.807) is 7.05 Å². The highest BCUT2D eigenvalue weighted by atomic mass is 16.3. The highest BCUT2D eigenvalue weighted by Crippen LogP contribution is 2.22. The van der Waals surface area contributed by atoms with Gasteiger partial charge in [0.05, 0.1) is 12.1 Å². The van der Waals surface area contributed by atoms with E-state index in [1.165, 1.54) is 13.3 Å². The first kappa shape index (κ1) is 21.2. The van der Waals surface area contributed by atoms with Gasteiger partial charge >= 0.3 is 0 Å². The average Bonchev–Trinajstić information content (AvgIpc) is 2.56. The summed E-state index contributed by atoms with van der Waals surface area (Å²) >= 11 is 0. The quantitative estimate of drug-likeness (QED) is 0.492. The lowest BCUT2D eigenvalue weighted by Gasteiger charge is -2.31. The lowest BCUT2D eigenvalue weighted by Crippen LogP contribution is -2.48. The van der Waals surface area contributed by atoms with Crippen LogP contribution >= 0.6 is 0 Å². The Hall–Kier alpha value is -1.80. The minimum atomic E-state index is -0.964. The van der Waals surface area contributed by atoms with Crippen LogP contribution in [0.1, 0.15) is 41.0 Å². The van der Waals surface area contributed by atoms with Crippen molar-refractivity contribution >= 4 is 17.5 Å². The molecule has 1 aliphatic heterocycles. The molecule has 0 spiro atoms. The minimum Gasteiger partial charge on any atom is -0.391 e. The second kappa shape index (κ2) is 10.8. The summed E-state index contributed by atoms with van der Waals surface area (Å²) in [6.45, 7) is 10.1. The van der Waals surface area contributed by atoms with Gasteiger partial charge in [-0.3, -0.25) is 9.78 Å². The number of nitrogens with zero attached hydrogens (tertiary/aromatic N) is 1. The summed E-state index contributed by atoms with van der Waals surface area (Å²) in [4.78, 5) is 18.5. The third kappa shape index (κ3) is 6.07. The average molecular weight is 329 g/mol. The molecular weight excluding hydrogens is 298 g/mol. The van der Waals surface area contributed by atoms with Crippen LogP contribution in [0.3, 0.4) is 0 Å². The van der Waals surface area contributed by atoms with Gasteiger partial charge < -0.3 is 26.2 Å². The molecule has 8 nitrogen and oxygen atoms in total. The summed E-state index contributed by atoms with van der Waals surface area (Å²) < 4.78 is 0.